The molecule has 0 amide bonds. The van der Waals surface area contributed by atoms with Crippen LogP contribution in [-0.4, -0.2) is 24.0 Å². The van der Waals surface area contributed by atoms with Crippen LogP contribution in [0.15, 0.2) is 29.4 Å². The lowest BCUT2D eigenvalue weighted by Gasteiger charge is -2.23. The molecule has 0 spiro atoms. The summed E-state index contributed by atoms with van der Waals surface area (Å²) in [5.41, 5.74) is 1.22. The molecule has 0 atom stereocenters. The minimum atomic E-state index is 0.495. The largest absolute Gasteiger partial charge is 0.468 e. The van der Waals surface area contributed by atoms with Crippen molar-refractivity contribution >= 4 is 0 Å². The van der Waals surface area contributed by atoms with E-state index >= 15 is 0 Å². The van der Waals surface area contributed by atoms with Crippen molar-refractivity contribution in [3.05, 3.63) is 36.3 Å². The molecule has 0 aliphatic rings. The number of hydrogen-bond donors (Lipinski definition) is 1. The molecular weight excluding hydrogens is 224 g/mol. The second-order valence-corrected chi connectivity index (χ2v) is 4.91. The molecule has 0 bridgehead atoms. The number of furan rings is 1. The Morgan fingerprint density at radius 2 is 2.28 bits per heavy atom. The highest BCUT2D eigenvalue weighted by Gasteiger charge is 2.11. The van der Waals surface area contributed by atoms with E-state index in [1.54, 1.807) is 0 Å². The van der Waals surface area contributed by atoms with E-state index in [-0.39, 0.29) is 0 Å². The molecule has 0 aliphatic carbocycles. The van der Waals surface area contributed by atoms with Gasteiger partial charge in [-0.15, -0.1) is 6.58 Å². The normalized spacial score (nSPS) is 11.4. The van der Waals surface area contributed by atoms with E-state index in [0.29, 0.717) is 6.04 Å². The third-order valence-electron chi connectivity index (χ3n) is 2.92. The fourth-order valence-electron chi connectivity index (χ4n) is 1.84. The Morgan fingerprint density at radius 1 is 1.50 bits per heavy atom. The van der Waals surface area contributed by atoms with Gasteiger partial charge >= 0.3 is 0 Å². The van der Waals surface area contributed by atoms with Gasteiger partial charge in [-0.05, 0) is 32.9 Å². The average Bonchev–Trinajstić information content (AvgIpc) is 2.76. The van der Waals surface area contributed by atoms with Gasteiger partial charge < -0.3 is 9.73 Å². The van der Waals surface area contributed by atoms with Gasteiger partial charge in [-0.3, -0.25) is 4.90 Å². The van der Waals surface area contributed by atoms with Gasteiger partial charge in [0.2, 0.25) is 0 Å². The Balaban J connectivity index is 2.48. The molecule has 1 aromatic heterocycles. The van der Waals surface area contributed by atoms with Gasteiger partial charge in [-0.2, -0.15) is 0 Å². The van der Waals surface area contributed by atoms with E-state index in [4.69, 9.17) is 4.42 Å². The van der Waals surface area contributed by atoms with E-state index in [0.717, 1.165) is 38.4 Å². The Morgan fingerprint density at radius 3 is 2.89 bits per heavy atom. The summed E-state index contributed by atoms with van der Waals surface area (Å²) in [5, 5.41) is 3.38. The smallest absolute Gasteiger partial charge is 0.118 e. The zero-order chi connectivity index (χ0) is 13.4. The molecule has 0 unspecified atom stereocenters. The summed E-state index contributed by atoms with van der Waals surface area (Å²) in [4.78, 5) is 2.33. The maximum absolute atomic E-state index is 5.61. The van der Waals surface area contributed by atoms with Crippen molar-refractivity contribution in [2.24, 2.45) is 0 Å². The summed E-state index contributed by atoms with van der Waals surface area (Å²) >= 11 is 0. The lowest BCUT2D eigenvalue weighted by atomic mass is 10.2. The molecule has 3 heteroatoms. The van der Waals surface area contributed by atoms with Gasteiger partial charge in [0.1, 0.15) is 5.76 Å². The van der Waals surface area contributed by atoms with E-state index in [2.05, 4.69) is 43.6 Å². The number of hydrogen-bond acceptors (Lipinski definition) is 3. The Kier molecular flexibility index (Phi) is 6.76. The summed E-state index contributed by atoms with van der Waals surface area (Å²) in [6, 6.07) is 2.64. The Bertz CT molecular complexity index is 344. The SMILES string of the molecule is C=CCN(Cc1cc(CNCCC)co1)C(C)C. The second kappa shape index (κ2) is 8.11. The van der Waals surface area contributed by atoms with Crippen LogP contribution in [0.1, 0.15) is 38.5 Å². The minimum Gasteiger partial charge on any atom is -0.468 e. The highest BCUT2D eigenvalue weighted by Crippen LogP contribution is 2.12. The van der Waals surface area contributed by atoms with Crippen molar-refractivity contribution in [1.82, 2.24) is 10.2 Å². The topological polar surface area (TPSA) is 28.4 Å². The molecule has 102 valence electrons. The van der Waals surface area contributed by atoms with Gasteiger partial charge in [-0.1, -0.05) is 13.0 Å². The third-order valence-corrected chi connectivity index (χ3v) is 2.92. The zero-order valence-corrected chi connectivity index (χ0v) is 11.9. The van der Waals surface area contributed by atoms with Gasteiger partial charge in [0.25, 0.3) is 0 Å². The number of nitrogens with zero attached hydrogens (tertiary/aromatic N) is 1. The molecule has 0 saturated carbocycles. The lowest BCUT2D eigenvalue weighted by molar-refractivity contribution is 0.218. The van der Waals surface area contributed by atoms with Crippen LogP contribution in [0, 0.1) is 0 Å². The van der Waals surface area contributed by atoms with E-state index in [1.165, 1.54) is 5.56 Å². The predicted octanol–water partition coefficient (Wildman–Crippen LogP) is 3.18. The van der Waals surface area contributed by atoms with Crippen LogP contribution in [0.5, 0.6) is 0 Å². The first-order valence-corrected chi connectivity index (χ1v) is 6.79. The molecule has 0 fully saturated rings. The Labute approximate surface area is 111 Å². The first-order chi connectivity index (χ1) is 8.67. The molecule has 0 saturated heterocycles. The van der Waals surface area contributed by atoms with Crippen molar-refractivity contribution in [2.45, 2.75) is 46.3 Å². The van der Waals surface area contributed by atoms with Gasteiger partial charge in [0, 0.05) is 24.7 Å². The molecule has 3 nitrogen and oxygen atoms in total. The summed E-state index contributed by atoms with van der Waals surface area (Å²) in [7, 11) is 0. The fraction of sp³-hybridized carbons (Fsp3) is 0.600. The van der Waals surface area contributed by atoms with Crippen LogP contribution in [-0.2, 0) is 13.1 Å². The number of nitrogens with one attached hydrogen (secondary N) is 1. The average molecular weight is 250 g/mol. The first kappa shape index (κ1) is 15.0. The van der Waals surface area contributed by atoms with Gasteiger partial charge in [0.15, 0.2) is 0 Å². The zero-order valence-electron chi connectivity index (χ0n) is 11.9. The van der Waals surface area contributed by atoms with Crippen LogP contribution in [0.25, 0.3) is 0 Å². The van der Waals surface area contributed by atoms with E-state index in [1.807, 2.05) is 12.3 Å². The first-order valence-electron chi connectivity index (χ1n) is 6.79. The summed E-state index contributed by atoms with van der Waals surface area (Å²) in [6.45, 7) is 14.0. The van der Waals surface area contributed by atoms with E-state index in [9.17, 15) is 0 Å². The van der Waals surface area contributed by atoms with Crippen molar-refractivity contribution in [1.29, 1.82) is 0 Å². The minimum absolute atomic E-state index is 0.495. The lowest BCUT2D eigenvalue weighted by Crippen LogP contribution is -2.30. The van der Waals surface area contributed by atoms with Crippen molar-refractivity contribution in [3.63, 3.8) is 0 Å². The van der Waals surface area contributed by atoms with Crippen LogP contribution < -0.4 is 5.32 Å². The van der Waals surface area contributed by atoms with Gasteiger partial charge in [-0.25, -0.2) is 0 Å². The molecular formula is C15H26N2O. The quantitative estimate of drug-likeness (QED) is 0.539. The highest BCUT2D eigenvalue weighted by atomic mass is 16.3. The predicted molar refractivity (Wildman–Crippen MR) is 76.4 cm³/mol. The molecule has 0 aliphatic heterocycles. The van der Waals surface area contributed by atoms with E-state index < -0.39 is 0 Å². The second-order valence-electron chi connectivity index (χ2n) is 4.91. The van der Waals surface area contributed by atoms with Crippen LogP contribution in [0.2, 0.25) is 0 Å². The standard InChI is InChI=1S/C15H26N2O/c1-5-7-16-10-14-9-15(18-12-14)11-17(8-6-2)13(3)4/h6,9,12-13,16H,2,5,7-8,10-11H2,1,3-4H3. The number of rotatable bonds is 9. The monoisotopic (exact) mass is 250 g/mol. The highest BCUT2D eigenvalue weighted by molar-refractivity contribution is 5.12. The molecule has 1 rings (SSSR count). The van der Waals surface area contributed by atoms with Crippen molar-refractivity contribution in [3.8, 4) is 0 Å². The van der Waals surface area contributed by atoms with Crippen molar-refractivity contribution < 1.29 is 4.42 Å². The maximum Gasteiger partial charge on any atom is 0.118 e. The third kappa shape index (κ3) is 5.07. The summed E-state index contributed by atoms with van der Waals surface area (Å²) in [6.07, 6.45) is 4.95. The van der Waals surface area contributed by atoms with Crippen LogP contribution in [0.3, 0.4) is 0 Å². The molecule has 0 aromatic carbocycles. The molecule has 18 heavy (non-hydrogen) atoms. The molecule has 1 N–H and O–H groups in total. The summed E-state index contributed by atoms with van der Waals surface area (Å²) < 4.78 is 5.61. The maximum atomic E-state index is 5.61. The van der Waals surface area contributed by atoms with Crippen molar-refractivity contribution in [2.75, 3.05) is 13.1 Å². The molecule has 0 radical (unpaired) electrons. The fourth-order valence-corrected chi connectivity index (χ4v) is 1.84. The van der Waals surface area contributed by atoms with Gasteiger partial charge in [0.05, 0.1) is 12.8 Å². The molecule has 1 heterocycles. The summed E-state index contributed by atoms with van der Waals surface area (Å²) in [5.74, 6) is 1.03. The van der Waals surface area contributed by atoms with Crippen LogP contribution in [0.4, 0.5) is 0 Å². The molecule has 1 aromatic rings. The van der Waals surface area contributed by atoms with Crippen LogP contribution >= 0.6 is 0 Å². The Hall–Kier alpha value is -1.06.